The zero-order valence-corrected chi connectivity index (χ0v) is 14.5. The molecule has 3 unspecified atom stereocenters. The molecule has 0 saturated heterocycles. The van der Waals surface area contributed by atoms with E-state index in [1.54, 1.807) is 12.1 Å². The van der Waals surface area contributed by atoms with Crippen LogP contribution in [-0.4, -0.2) is 23.1 Å². The molecule has 0 saturated carbocycles. The van der Waals surface area contributed by atoms with E-state index in [0.717, 1.165) is 12.0 Å². The van der Waals surface area contributed by atoms with Gasteiger partial charge in [-0.3, -0.25) is 4.79 Å². The highest BCUT2D eigenvalue weighted by Gasteiger charge is 2.23. The zero-order chi connectivity index (χ0) is 18.4. The predicted octanol–water partition coefficient (Wildman–Crippen LogP) is 3.54. The number of aromatic nitrogens is 1. The van der Waals surface area contributed by atoms with Gasteiger partial charge >= 0.3 is 0 Å². The van der Waals surface area contributed by atoms with Crippen molar-refractivity contribution < 1.29 is 13.9 Å². The molecule has 1 aromatic heterocycles. The number of carbonyl (C=O) groups excluding carboxylic acids is 1. The maximum atomic E-state index is 14.6. The molecule has 25 heavy (non-hydrogen) atoms. The Bertz CT molecular complexity index is 706. The quantitative estimate of drug-likeness (QED) is 0.765. The third kappa shape index (κ3) is 5.00. The van der Waals surface area contributed by atoms with Crippen molar-refractivity contribution in [2.75, 3.05) is 0 Å². The highest BCUT2D eigenvalue weighted by molar-refractivity contribution is 5.92. The summed E-state index contributed by atoms with van der Waals surface area (Å²) in [6.07, 6.45) is 1.32. The summed E-state index contributed by atoms with van der Waals surface area (Å²) in [5.74, 6) is -0.0772. The predicted molar refractivity (Wildman–Crippen MR) is 95.5 cm³/mol. The lowest BCUT2D eigenvalue weighted by Crippen LogP contribution is -2.26. The van der Waals surface area contributed by atoms with Crippen LogP contribution < -0.4 is 16.2 Å². The SMILES string of the molecule is CCC(N)CC(F)C(C)c1ccccc1Oc1ccc(C(N)=O)cn1. The van der Waals surface area contributed by atoms with Gasteiger partial charge in [0, 0.05) is 29.8 Å². The molecule has 2 rings (SSSR count). The van der Waals surface area contributed by atoms with Crippen LogP contribution in [0.15, 0.2) is 42.6 Å². The summed E-state index contributed by atoms with van der Waals surface area (Å²) in [5, 5.41) is 0. The van der Waals surface area contributed by atoms with Crippen molar-refractivity contribution in [3.8, 4) is 11.6 Å². The number of halogens is 1. The first kappa shape index (κ1) is 18.9. The second-order valence-electron chi connectivity index (χ2n) is 6.10. The van der Waals surface area contributed by atoms with Crippen molar-refractivity contribution >= 4 is 5.91 Å². The van der Waals surface area contributed by atoms with Crippen molar-refractivity contribution in [1.29, 1.82) is 0 Å². The van der Waals surface area contributed by atoms with E-state index >= 15 is 0 Å². The van der Waals surface area contributed by atoms with Crippen molar-refractivity contribution in [3.05, 3.63) is 53.7 Å². The number of ether oxygens (including phenoxy) is 1. The number of pyridine rings is 1. The van der Waals surface area contributed by atoms with Gasteiger partial charge in [0.1, 0.15) is 11.9 Å². The van der Waals surface area contributed by atoms with Crippen molar-refractivity contribution in [2.45, 2.75) is 44.8 Å². The molecule has 1 heterocycles. The highest BCUT2D eigenvalue weighted by atomic mass is 19.1. The van der Waals surface area contributed by atoms with Gasteiger partial charge in [0.25, 0.3) is 0 Å². The first-order valence-electron chi connectivity index (χ1n) is 8.34. The van der Waals surface area contributed by atoms with Crippen LogP contribution in [0.2, 0.25) is 0 Å². The normalized spacial score (nSPS) is 14.6. The molecule has 0 bridgehead atoms. The van der Waals surface area contributed by atoms with E-state index in [1.165, 1.54) is 12.3 Å². The molecule has 6 heteroatoms. The van der Waals surface area contributed by atoms with Gasteiger partial charge in [0.15, 0.2) is 0 Å². The molecule has 0 fully saturated rings. The molecule has 0 aliphatic rings. The lowest BCUT2D eigenvalue weighted by molar-refractivity contribution is 0.1000. The Kier molecular flexibility index (Phi) is 6.47. The van der Waals surface area contributed by atoms with Crippen molar-refractivity contribution in [2.24, 2.45) is 11.5 Å². The minimum atomic E-state index is -1.06. The summed E-state index contributed by atoms with van der Waals surface area (Å²) in [7, 11) is 0. The molecule has 1 amide bonds. The summed E-state index contributed by atoms with van der Waals surface area (Å²) in [6, 6.07) is 10.2. The van der Waals surface area contributed by atoms with Gasteiger partial charge in [-0.2, -0.15) is 0 Å². The van der Waals surface area contributed by atoms with E-state index in [0.29, 0.717) is 23.6 Å². The fourth-order valence-electron chi connectivity index (χ4n) is 2.50. The Morgan fingerprint density at radius 1 is 1.28 bits per heavy atom. The van der Waals surface area contributed by atoms with E-state index in [9.17, 15) is 9.18 Å². The lowest BCUT2D eigenvalue weighted by Gasteiger charge is -2.22. The number of rotatable bonds is 8. The molecule has 0 aliphatic heterocycles. The molecule has 0 spiro atoms. The molecule has 3 atom stereocenters. The number of carbonyl (C=O) groups is 1. The lowest BCUT2D eigenvalue weighted by atomic mass is 9.91. The fourth-order valence-corrected chi connectivity index (χ4v) is 2.50. The zero-order valence-electron chi connectivity index (χ0n) is 14.5. The highest BCUT2D eigenvalue weighted by Crippen LogP contribution is 2.34. The van der Waals surface area contributed by atoms with Crippen molar-refractivity contribution in [1.82, 2.24) is 4.98 Å². The van der Waals surface area contributed by atoms with Crippen LogP contribution in [0.3, 0.4) is 0 Å². The molecule has 134 valence electrons. The van der Waals surface area contributed by atoms with Crippen LogP contribution in [0, 0.1) is 0 Å². The van der Waals surface area contributed by atoms with Gasteiger partial charge in [-0.1, -0.05) is 32.0 Å². The summed E-state index contributed by atoms with van der Waals surface area (Å²) in [4.78, 5) is 15.2. The number of para-hydroxylation sites is 1. The Labute approximate surface area is 147 Å². The standard InChI is InChI=1S/C19H24FN3O2/c1-3-14(21)10-16(20)12(2)15-6-4-5-7-17(15)25-18-9-8-13(11-23-18)19(22)24/h4-9,11-12,14,16H,3,10,21H2,1-2H3,(H2,22,24). The van der Waals surface area contributed by atoms with Crippen LogP contribution in [0.4, 0.5) is 4.39 Å². The molecule has 5 nitrogen and oxygen atoms in total. The van der Waals surface area contributed by atoms with Crippen LogP contribution in [0.1, 0.15) is 48.5 Å². The number of nitrogens with zero attached hydrogens (tertiary/aromatic N) is 1. The van der Waals surface area contributed by atoms with Crippen LogP contribution >= 0.6 is 0 Å². The smallest absolute Gasteiger partial charge is 0.250 e. The summed E-state index contributed by atoms with van der Waals surface area (Å²) >= 11 is 0. The molecule has 0 radical (unpaired) electrons. The Morgan fingerprint density at radius 3 is 2.60 bits per heavy atom. The van der Waals surface area contributed by atoms with E-state index in [-0.39, 0.29) is 12.0 Å². The molecule has 0 aliphatic carbocycles. The molecule has 4 N–H and O–H groups in total. The van der Waals surface area contributed by atoms with Gasteiger partial charge in [-0.15, -0.1) is 0 Å². The number of benzene rings is 1. The van der Waals surface area contributed by atoms with Gasteiger partial charge in [-0.25, -0.2) is 9.37 Å². The summed E-state index contributed by atoms with van der Waals surface area (Å²) in [5.41, 5.74) is 12.1. The van der Waals surface area contributed by atoms with Crippen LogP contribution in [0.5, 0.6) is 11.6 Å². The number of hydrogen-bond acceptors (Lipinski definition) is 4. The van der Waals surface area contributed by atoms with Gasteiger partial charge in [0.2, 0.25) is 11.8 Å². The average Bonchev–Trinajstić information content (AvgIpc) is 2.61. The minimum Gasteiger partial charge on any atom is -0.439 e. The number of amides is 1. The third-order valence-electron chi connectivity index (χ3n) is 4.24. The number of primary amides is 1. The molecule has 2 aromatic rings. The van der Waals surface area contributed by atoms with E-state index < -0.39 is 12.1 Å². The minimum absolute atomic E-state index is 0.159. The Morgan fingerprint density at radius 2 is 2.00 bits per heavy atom. The van der Waals surface area contributed by atoms with E-state index in [1.807, 2.05) is 32.0 Å². The molecular formula is C19H24FN3O2. The van der Waals surface area contributed by atoms with E-state index in [2.05, 4.69) is 4.98 Å². The first-order valence-corrected chi connectivity index (χ1v) is 8.34. The fraction of sp³-hybridized carbons (Fsp3) is 0.368. The first-order chi connectivity index (χ1) is 11.9. The van der Waals surface area contributed by atoms with Crippen LogP contribution in [-0.2, 0) is 0 Å². The molecular weight excluding hydrogens is 321 g/mol. The number of hydrogen-bond donors (Lipinski definition) is 2. The van der Waals surface area contributed by atoms with Crippen LogP contribution in [0.25, 0.3) is 0 Å². The van der Waals surface area contributed by atoms with Gasteiger partial charge < -0.3 is 16.2 Å². The third-order valence-corrected chi connectivity index (χ3v) is 4.24. The second-order valence-corrected chi connectivity index (χ2v) is 6.10. The topological polar surface area (TPSA) is 91.2 Å². The largest absolute Gasteiger partial charge is 0.439 e. The van der Waals surface area contributed by atoms with E-state index in [4.69, 9.17) is 16.2 Å². The Balaban J connectivity index is 2.18. The molecule has 1 aromatic carbocycles. The second kappa shape index (κ2) is 8.58. The summed E-state index contributed by atoms with van der Waals surface area (Å²) in [6.45, 7) is 3.76. The van der Waals surface area contributed by atoms with Crippen molar-refractivity contribution in [3.63, 3.8) is 0 Å². The maximum absolute atomic E-state index is 14.6. The number of nitrogens with two attached hydrogens (primary N) is 2. The monoisotopic (exact) mass is 345 g/mol. The number of alkyl halides is 1. The van der Waals surface area contributed by atoms with Gasteiger partial charge in [-0.05, 0) is 25.0 Å². The maximum Gasteiger partial charge on any atom is 0.250 e. The van der Waals surface area contributed by atoms with Gasteiger partial charge in [0.05, 0.1) is 5.56 Å². The average molecular weight is 345 g/mol. The summed E-state index contributed by atoms with van der Waals surface area (Å²) < 4.78 is 20.4. The Hall–Kier alpha value is -2.47.